The van der Waals surface area contributed by atoms with Gasteiger partial charge in [-0.05, 0) is 0 Å². The van der Waals surface area contributed by atoms with Crippen molar-refractivity contribution >= 4 is 30.4 Å². The SMILES string of the molecule is C=CS(=O)(=O)OCN(COS(=O)(=O)C=C)COS(=O)(=O)C=C. The van der Waals surface area contributed by atoms with E-state index in [1.807, 2.05) is 0 Å². The van der Waals surface area contributed by atoms with Crippen LogP contribution in [0.5, 0.6) is 0 Å². The zero-order chi connectivity index (χ0) is 17.4. The van der Waals surface area contributed by atoms with Crippen LogP contribution in [-0.4, -0.2) is 50.3 Å². The molecular formula is C9H15NO9S3. The summed E-state index contributed by atoms with van der Waals surface area (Å²) >= 11 is 0. The molecule has 0 amide bonds. The molecule has 0 saturated carbocycles. The number of hydrogen-bond acceptors (Lipinski definition) is 10. The van der Waals surface area contributed by atoms with E-state index in [4.69, 9.17) is 0 Å². The first-order chi connectivity index (χ1) is 9.97. The van der Waals surface area contributed by atoms with E-state index in [2.05, 4.69) is 32.3 Å². The van der Waals surface area contributed by atoms with Gasteiger partial charge in [0.25, 0.3) is 30.4 Å². The van der Waals surface area contributed by atoms with E-state index in [9.17, 15) is 25.3 Å². The molecule has 128 valence electrons. The lowest BCUT2D eigenvalue weighted by atomic mass is 10.9. The van der Waals surface area contributed by atoms with Gasteiger partial charge in [-0.15, -0.1) is 0 Å². The molecule has 0 aromatic rings. The average molecular weight is 377 g/mol. The van der Waals surface area contributed by atoms with Gasteiger partial charge in [0.2, 0.25) is 0 Å². The predicted octanol–water partition coefficient (Wildman–Crippen LogP) is -0.369. The summed E-state index contributed by atoms with van der Waals surface area (Å²) in [6.45, 7) is 6.76. The second-order valence-corrected chi connectivity index (χ2v) is 8.05. The van der Waals surface area contributed by atoms with Crippen molar-refractivity contribution in [3.8, 4) is 0 Å². The van der Waals surface area contributed by atoms with Crippen LogP contribution < -0.4 is 0 Å². The van der Waals surface area contributed by atoms with Crippen LogP contribution in [0.3, 0.4) is 0 Å². The maximum atomic E-state index is 11.1. The molecule has 0 saturated heterocycles. The van der Waals surface area contributed by atoms with E-state index >= 15 is 0 Å². The molecule has 0 aliphatic rings. The fourth-order valence-corrected chi connectivity index (χ4v) is 1.88. The standard InChI is InChI=1S/C9H15NO9S3/c1-4-20(11,12)17-7-10(8-18-21(13,14)5-2)9-19-22(15,16)6-3/h4-6H,1-3,7-9H2. The maximum absolute atomic E-state index is 11.1. The summed E-state index contributed by atoms with van der Waals surface area (Å²) in [5.74, 6) is 0. The van der Waals surface area contributed by atoms with E-state index in [-0.39, 0.29) is 0 Å². The molecule has 0 aliphatic carbocycles. The molecule has 0 fully saturated rings. The molecule has 0 rings (SSSR count). The minimum absolute atomic E-state index is 0.508. The summed E-state index contributed by atoms with van der Waals surface area (Å²) in [5, 5.41) is 1.52. The van der Waals surface area contributed by atoms with Crippen LogP contribution >= 0.6 is 0 Å². The lowest BCUT2D eigenvalue weighted by Crippen LogP contribution is -2.33. The first kappa shape index (κ1) is 20.9. The van der Waals surface area contributed by atoms with Gasteiger partial charge >= 0.3 is 0 Å². The Labute approximate surface area is 129 Å². The highest BCUT2D eigenvalue weighted by Crippen LogP contribution is 2.03. The van der Waals surface area contributed by atoms with E-state index in [0.717, 1.165) is 4.90 Å². The molecular weight excluding hydrogens is 362 g/mol. The summed E-state index contributed by atoms with van der Waals surface area (Å²) in [6, 6.07) is 0. The number of rotatable bonds is 12. The zero-order valence-electron chi connectivity index (χ0n) is 11.3. The summed E-state index contributed by atoms with van der Waals surface area (Å²) in [6.07, 6.45) is 0. The van der Waals surface area contributed by atoms with Crippen molar-refractivity contribution in [3.63, 3.8) is 0 Å². The Morgan fingerprint density at radius 3 is 1.05 bits per heavy atom. The molecule has 22 heavy (non-hydrogen) atoms. The first-order valence-corrected chi connectivity index (χ1v) is 9.66. The monoisotopic (exact) mass is 377 g/mol. The number of hydrogen-bond donors (Lipinski definition) is 0. The van der Waals surface area contributed by atoms with Crippen molar-refractivity contribution in [1.82, 2.24) is 4.90 Å². The first-order valence-electron chi connectivity index (χ1n) is 5.25. The van der Waals surface area contributed by atoms with Gasteiger partial charge in [-0.2, -0.15) is 25.3 Å². The average Bonchev–Trinajstić information content (AvgIpc) is 2.46. The third-order valence-electron chi connectivity index (χ3n) is 1.81. The van der Waals surface area contributed by atoms with Crippen molar-refractivity contribution in [1.29, 1.82) is 0 Å². The smallest absolute Gasteiger partial charge is 0.251 e. The second kappa shape index (κ2) is 8.52. The minimum Gasteiger partial charge on any atom is -0.251 e. The van der Waals surface area contributed by atoms with Crippen LogP contribution in [0.4, 0.5) is 0 Å². The van der Waals surface area contributed by atoms with Crippen molar-refractivity contribution in [2.24, 2.45) is 0 Å². The summed E-state index contributed by atoms with van der Waals surface area (Å²) in [4.78, 5) is 0.795. The van der Waals surface area contributed by atoms with Gasteiger partial charge in [-0.3, -0.25) is 12.5 Å². The van der Waals surface area contributed by atoms with Gasteiger partial charge in [0.05, 0.1) is 16.2 Å². The molecule has 0 heterocycles. The highest BCUT2D eigenvalue weighted by atomic mass is 32.2. The summed E-state index contributed by atoms with van der Waals surface area (Å²) < 4.78 is 79.9. The minimum atomic E-state index is -4.06. The molecule has 0 radical (unpaired) electrons. The topological polar surface area (TPSA) is 133 Å². The van der Waals surface area contributed by atoms with Gasteiger partial charge in [-0.25, -0.2) is 4.90 Å². The van der Waals surface area contributed by atoms with Crippen LogP contribution in [0.1, 0.15) is 0 Å². The molecule has 0 spiro atoms. The Bertz CT molecular complexity index is 606. The van der Waals surface area contributed by atoms with Crippen molar-refractivity contribution < 1.29 is 37.8 Å². The lowest BCUT2D eigenvalue weighted by Gasteiger charge is -2.19. The third-order valence-corrected chi connectivity index (χ3v) is 4.34. The normalized spacial score (nSPS) is 13.0. The van der Waals surface area contributed by atoms with E-state index < -0.39 is 50.5 Å². The van der Waals surface area contributed by atoms with Crippen molar-refractivity contribution in [2.45, 2.75) is 0 Å². The predicted molar refractivity (Wildman–Crippen MR) is 77.0 cm³/mol. The van der Waals surface area contributed by atoms with Crippen molar-refractivity contribution in [3.05, 3.63) is 36.0 Å². The Morgan fingerprint density at radius 1 is 0.636 bits per heavy atom. The van der Waals surface area contributed by atoms with Gasteiger partial charge in [0, 0.05) is 0 Å². The van der Waals surface area contributed by atoms with E-state index in [1.165, 1.54) is 0 Å². The Hall–Kier alpha value is -1.09. The van der Waals surface area contributed by atoms with Gasteiger partial charge in [-0.1, -0.05) is 19.7 Å². The lowest BCUT2D eigenvalue weighted by molar-refractivity contribution is 0.00944. The highest BCUT2D eigenvalue weighted by molar-refractivity contribution is 7.90. The molecule has 0 aliphatic heterocycles. The van der Waals surface area contributed by atoms with Crippen LogP contribution in [-0.2, 0) is 42.9 Å². The van der Waals surface area contributed by atoms with Crippen LogP contribution in [0.15, 0.2) is 36.0 Å². The fraction of sp³-hybridized carbons (Fsp3) is 0.333. The third kappa shape index (κ3) is 9.04. The van der Waals surface area contributed by atoms with Crippen LogP contribution in [0.25, 0.3) is 0 Å². The Balaban J connectivity index is 4.86. The second-order valence-electron chi connectivity index (χ2n) is 3.39. The maximum Gasteiger partial charge on any atom is 0.290 e. The molecule has 0 N–H and O–H groups in total. The summed E-state index contributed by atoms with van der Waals surface area (Å²) in [7, 11) is -12.2. The van der Waals surface area contributed by atoms with E-state index in [1.54, 1.807) is 0 Å². The Morgan fingerprint density at radius 2 is 0.864 bits per heavy atom. The molecule has 10 nitrogen and oxygen atoms in total. The molecule has 0 unspecified atom stereocenters. The molecule has 0 bridgehead atoms. The highest BCUT2D eigenvalue weighted by Gasteiger charge is 2.17. The molecule has 0 aromatic heterocycles. The quantitative estimate of drug-likeness (QED) is 0.327. The molecule has 13 heteroatoms. The fourth-order valence-electron chi connectivity index (χ4n) is 0.700. The zero-order valence-corrected chi connectivity index (χ0v) is 13.8. The van der Waals surface area contributed by atoms with Crippen LogP contribution in [0, 0.1) is 0 Å². The van der Waals surface area contributed by atoms with E-state index in [0.29, 0.717) is 16.2 Å². The van der Waals surface area contributed by atoms with Crippen LogP contribution in [0.2, 0.25) is 0 Å². The van der Waals surface area contributed by atoms with Gasteiger partial charge in [0.15, 0.2) is 0 Å². The summed E-state index contributed by atoms with van der Waals surface area (Å²) in [5.41, 5.74) is 0. The largest absolute Gasteiger partial charge is 0.290 e. The Kier molecular flexibility index (Phi) is 8.10. The van der Waals surface area contributed by atoms with Crippen molar-refractivity contribution in [2.75, 3.05) is 20.2 Å². The molecule has 0 aromatic carbocycles. The van der Waals surface area contributed by atoms with Gasteiger partial charge < -0.3 is 0 Å². The number of nitrogens with zero attached hydrogens (tertiary/aromatic N) is 1. The molecule has 0 atom stereocenters. The van der Waals surface area contributed by atoms with Gasteiger partial charge in [0.1, 0.15) is 20.2 Å².